The molecule has 0 aromatic carbocycles. The lowest BCUT2D eigenvalue weighted by Gasteiger charge is -2.25. The molecule has 4 atom stereocenters. The summed E-state index contributed by atoms with van der Waals surface area (Å²) in [5, 5.41) is 17.0. The van der Waals surface area contributed by atoms with Crippen LogP contribution in [-0.4, -0.2) is 93.8 Å². The Kier molecular flexibility index (Phi) is 14.6. The molecular formula is C22H39N13O6. The second-order valence-electron chi connectivity index (χ2n) is 8.98. The van der Waals surface area contributed by atoms with Crippen LogP contribution in [0.2, 0.25) is 0 Å². The van der Waals surface area contributed by atoms with Gasteiger partial charge in [0.1, 0.15) is 18.1 Å². The van der Waals surface area contributed by atoms with Crippen molar-refractivity contribution < 1.29 is 29.1 Å². The number of nitrogens with two attached hydrogens (primary N) is 6. The molecule has 19 nitrogen and oxygen atoms in total. The summed E-state index contributed by atoms with van der Waals surface area (Å²) >= 11 is 0. The smallest absolute Gasteiger partial charge is 0.326 e. The fourth-order valence-corrected chi connectivity index (χ4v) is 3.49. The first-order chi connectivity index (χ1) is 19.3. The average Bonchev–Trinajstić information content (AvgIpc) is 3.39. The number of nitrogens with zero attached hydrogens (tertiary/aromatic N) is 3. The van der Waals surface area contributed by atoms with Crippen LogP contribution in [0.15, 0.2) is 22.5 Å². The highest BCUT2D eigenvalue weighted by Crippen LogP contribution is 2.06. The zero-order valence-electron chi connectivity index (χ0n) is 22.4. The molecule has 0 aliphatic heterocycles. The number of aromatic amines is 1. The molecular weight excluding hydrogens is 542 g/mol. The number of primary amides is 1. The van der Waals surface area contributed by atoms with Gasteiger partial charge in [0.2, 0.25) is 23.6 Å². The molecule has 19 heteroatoms. The predicted octanol–water partition coefficient (Wildman–Crippen LogP) is -5.20. The van der Waals surface area contributed by atoms with Gasteiger partial charge in [-0.05, 0) is 25.7 Å². The summed E-state index contributed by atoms with van der Waals surface area (Å²) in [4.78, 5) is 76.1. The van der Waals surface area contributed by atoms with Crippen molar-refractivity contribution in [2.45, 2.75) is 62.7 Å². The van der Waals surface area contributed by atoms with Gasteiger partial charge in [0, 0.05) is 31.4 Å². The van der Waals surface area contributed by atoms with Crippen molar-refractivity contribution in [3.8, 4) is 0 Å². The quantitative estimate of drug-likeness (QED) is 0.0414. The molecule has 0 saturated carbocycles. The highest BCUT2D eigenvalue weighted by Gasteiger charge is 2.30. The summed E-state index contributed by atoms with van der Waals surface area (Å²) in [5.41, 5.74) is 32.5. The van der Waals surface area contributed by atoms with E-state index in [1.54, 1.807) is 0 Å². The van der Waals surface area contributed by atoms with Crippen molar-refractivity contribution in [2.24, 2.45) is 44.4 Å². The van der Waals surface area contributed by atoms with Crippen molar-refractivity contribution in [3.63, 3.8) is 0 Å². The Balaban J connectivity index is 3.10. The molecule has 0 fully saturated rings. The molecule has 4 unspecified atom stereocenters. The van der Waals surface area contributed by atoms with Crippen molar-refractivity contribution in [2.75, 3.05) is 13.1 Å². The van der Waals surface area contributed by atoms with Gasteiger partial charge in [-0.15, -0.1) is 0 Å². The van der Waals surface area contributed by atoms with E-state index in [2.05, 4.69) is 35.9 Å². The number of hydrogen-bond acceptors (Lipinski definition) is 9. The van der Waals surface area contributed by atoms with Gasteiger partial charge < -0.3 is 60.4 Å². The van der Waals surface area contributed by atoms with E-state index in [0.29, 0.717) is 5.69 Å². The minimum atomic E-state index is -1.35. The summed E-state index contributed by atoms with van der Waals surface area (Å²) in [6, 6.07) is -5.12. The summed E-state index contributed by atoms with van der Waals surface area (Å²) in [5.74, 6) is -4.88. The van der Waals surface area contributed by atoms with E-state index < -0.39 is 60.2 Å². The number of rotatable bonds is 19. The molecule has 17 N–H and O–H groups in total. The number of imidazole rings is 1. The third-order valence-electron chi connectivity index (χ3n) is 5.51. The van der Waals surface area contributed by atoms with E-state index in [9.17, 15) is 29.1 Å². The molecule has 228 valence electrons. The fourth-order valence-electron chi connectivity index (χ4n) is 3.49. The van der Waals surface area contributed by atoms with E-state index in [-0.39, 0.29) is 57.1 Å². The number of hydrogen-bond donors (Lipinski definition) is 11. The normalized spacial score (nSPS) is 13.5. The molecule has 0 saturated heterocycles. The minimum absolute atomic E-state index is 0.0145. The van der Waals surface area contributed by atoms with E-state index in [0.717, 1.165) is 0 Å². The molecule has 4 amide bonds. The van der Waals surface area contributed by atoms with Gasteiger partial charge in [-0.1, -0.05) is 0 Å². The fraction of sp³-hybridized carbons (Fsp3) is 0.545. The van der Waals surface area contributed by atoms with Crippen LogP contribution < -0.4 is 50.4 Å². The number of nitrogens with one attached hydrogen (secondary N) is 4. The van der Waals surface area contributed by atoms with Crippen LogP contribution in [-0.2, 0) is 30.4 Å². The average molecular weight is 582 g/mol. The van der Waals surface area contributed by atoms with Gasteiger partial charge in [0.15, 0.2) is 11.9 Å². The molecule has 1 aromatic heterocycles. The van der Waals surface area contributed by atoms with Crippen LogP contribution in [0.3, 0.4) is 0 Å². The SMILES string of the molecule is NC(=O)CC(N)C(=O)NC(CCCN=C(N)N)C(=O)NC(CCCN=C(N)N)C(=O)NC(Cc1cnc[nH]1)C(=O)O. The van der Waals surface area contributed by atoms with Gasteiger partial charge in [-0.25, -0.2) is 9.78 Å². The minimum Gasteiger partial charge on any atom is -0.480 e. The molecule has 0 radical (unpaired) electrons. The van der Waals surface area contributed by atoms with Crippen molar-refractivity contribution in [1.82, 2.24) is 25.9 Å². The number of carboxylic acids is 1. The standard InChI is InChI=1S/C22H39N13O6/c23-12(8-16(24)36)17(37)33-13(3-1-5-30-21(25)26)18(38)34-14(4-2-6-31-22(27)28)19(39)35-15(20(40)41)7-11-9-29-10-32-11/h9-10,12-15H,1-8,23H2,(H2,24,36)(H,29,32)(H,33,37)(H,34,38)(H,35,39)(H,40,41)(H4,25,26,30)(H4,27,28,31). The number of carboxylic acid groups (broad SMARTS) is 1. The highest BCUT2D eigenvalue weighted by molar-refractivity contribution is 5.95. The van der Waals surface area contributed by atoms with E-state index in [1.165, 1.54) is 12.5 Å². The first-order valence-corrected chi connectivity index (χ1v) is 12.6. The van der Waals surface area contributed by atoms with Crippen LogP contribution >= 0.6 is 0 Å². The molecule has 41 heavy (non-hydrogen) atoms. The number of H-pyrrole nitrogens is 1. The van der Waals surface area contributed by atoms with Crippen LogP contribution in [0.1, 0.15) is 37.8 Å². The number of aliphatic carboxylic acids is 1. The summed E-state index contributed by atoms with van der Waals surface area (Å²) in [6.07, 6.45) is 2.73. The largest absolute Gasteiger partial charge is 0.480 e. The zero-order valence-corrected chi connectivity index (χ0v) is 22.4. The van der Waals surface area contributed by atoms with Gasteiger partial charge >= 0.3 is 5.97 Å². The van der Waals surface area contributed by atoms with Gasteiger partial charge in [-0.3, -0.25) is 29.2 Å². The number of guanidine groups is 2. The van der Waals surface area contributed by atoms with Crippen molar-refractivity contribution in [3.05, 3.63) is 18.2 Å². The molecule has 1 aromatic rings. The molecule has 0 bridgehead atoms. The van der Waals surface area contributed by atoms with Gasteiger partial charge in [0.25, 0.3) is 0 Å². The summed E-state index contributed by atoms with van der Waals surface area (Å²) < 4.78 is 0. The van der Waals surface area contributed by atoms with Crippen LogP contribution in [0.5, 0.6) is 0 Å². The van der Waals surface area contributed by atoms with E-state index in [1.807, 2.05) is 0 Å². The van der Waals surface area contributed by atoms with Crippen LogP contribution in [0.4, 0.5) is 0 Å². The van der Waals surface area contributed by atoms with Crippen LogP contribution in [0.25, 0.3) is 0 Å². The summed E-state index contributed by atoms with van der Waals surface area (Å²) in [6.45, 7) is 0.255. The Morgan fingerprint density at radius 3 is 1.73 bits per heavy atom. The summed E-state index contributed by atoms with van der Waals surface area (Å²) in [7, 11) is 0. The molecule has 0 aliphatic carbocycles. The number of aromatic nitrogens is 2. The second kappa shape index (κ2) is 17.6. The Hall–Kier alpha value is -4.94. The third-order valence-corrected chi connectivity index (χ3v) is 5.51. The molecule has 0 spiro atoms. The topological polar surface area (TPSA) is 351 Å². The number of carbonyl (C=O) groups is 5. The lowest BCUT2D eigenvalue weighted by atomic mass is 10.1. The van der Waals surface area contributed by atoms with Crippen molar-refractivity contribution in [1.29, 1.82) is 0 Å². The Bertz CT molecular complexity index is 1080. The third kappa shape index (κ3) is 14.1. The number of aliphatic imine (C=N–C) groups is 2. The van der Waals surface area contributed by atoms with E-state index in [4.69, 9.17) is 34.4 Å². The lowest BCUT2D eigenvalue weighted by molar-refractivity contribution is -0.142. The number of carbonyl (C=O) groups excluding carboxylic acids is 4. The maximum Gasteiger partial charge on any atom is 0.326 e. The maximum absolute atomic E-state index is 13.3. The van der Waals surface area contributed by atoms with E-state index >= 15 is 0 Å². The van der Waals surface area contributed by atoms with Gasteiger partial charge in [0.05, 0.1) is 18.8 Å². The first kappa shape index (κ1) is 34.1. The van der Waals surface area contributed by atoms with Crippen molar-refractivity contribution >= 4 is 41.5 Å². The first-order valence-electron chi connectivity index (χ1n) is 12.6. The zero-order chi connectivity index (χ0) is 30.9. The van der Waals surface area contributed by atoms with Gasteiger partial charge in [-0.2, -0.15) is 0 Å². The monoisotopic (exact) mass is 581 g/mol. The lowest BCUT2D eigenvalue weighted by Crippen LogP contribution is -2.57. The molecule has 1 rings (SSSR count). The maximum atomic E-state index is 13.3. The highest BCUT2D eigenvalue weighted by atomic mass is 16.4. The Labute approximate surface area is 235 Å². The second-order valence-corrected chi connectivity index (χ2v) is 8.98. The molecule has 1 heterocycles. The molecule has 0 aliphatic rings. The Morgan fingerprint density at radius 1 is 0.829 bits per heavy atom. The number of amides is 4. The Morgan fingerprint density at radius 2 is 1.32 bits per heavy atom. The van der Waals surface area contributed by atoms with Crippen LogP contribution in [0, 0.1) is 0 Å². The predicted molar refractivity (Wildman–Crippen MR) is 147 cm³/mol.